The summed E-state index contributed by atoms with van der Waals surface area (Å²) in [4.78, 5) is 17.1. The van der Waals surface area contributed by atoms with Crippen molar-refractivity contribution in [1.29, 1.82) is 0 Å². The molecular formula is C20H16ClN5OS. The molecule has 2 aromatic heterocycles. The zero-order chi connectivity index (χ0) is 19.5. The first-order chi connectivity index (χ1) is 13.6. The highest BCUT2D eigenvalue weighted by Crippen LogP contribution is 2.27. The van der Waals surface area contributed by atoms with Crippen LogP contribution in [0.15, 0.2) is 72.3 Å². The molecule has 0 aliphatic heterocycles. The third-order valence-electron chi connectivity index (χ3n) is 4.16. The fourth-order valence-corrected chi connectivity index (χ4v) is 3.79. The zero-order valence-electron chi connectivity index (χ0n) is 14.9. The van der Waals surface area contributed by atoms with Crippen LogP contribution in [0.1, 0.15) is 6.92 Å². The minimum absolute atomic E-state index is 0.123. The van der Waals surface area contributed by atoms with Crippen LogP contribution >= 0.6 is 23.4 Å². The van der Waals surface area contributed by atoms with E-state index >= 15 is 0 Å². The lowest BCUT2D eigenvalue weighted by Gasteiger charge is -2.13. The highest BCUT2D eigenvalue weighted by molar-refractivity contribution is 8.00. The molecule has 1 N–H and O–H groups in total. The van der Waals surface area contributed by atoms with E-state index in [1.807, 2.05) is 60.0 Å². The Morgan fingerprint density at radius 1 is 1.18 bits per heavy atom. The van der Waals surface area contributed by atoms with Gasteiger partial charge in [-0.3, -0.25) is 14.3 Å². The van der Waals surface area contributed by atoms with E-state index in [1.54, 1.807) is 18.6 Å². The summed E-state index contributed by atoms with van der Waals surface area (Å²) < 4.78 is 1.81. The fourth-order valence-electron chi connectivity index (χ4n) is 2.77. The molecule has 1 unspecified atom stereocenters. The Labute approximate surface area is 171 Å². The van der Waals surface area contributed by atoms with Gasteiger partial charge in [0.05, 0.1) is 22.1 Å². The van der Waals surface area contributed by atoms with Gasteiger partial charge in [-0.1, -0.05) is 35.5 Å². The van der Waals surface area contributed by atoms with Crippen LogP contribution in [0.4, 0.5) is 5.69 Å². The van der Waals surface area contributed by atoms with Crippen LogP contribution in [0.5, 0.6) is 0 Å². The van der Waals surface area contributed by atoms with Crippen LogP contribution in [-0.2, 0) is 4.79 Å². The molecule has 0 aliphatic rings. The fraction of sp³-hybridized carbons (Fsp3) is 0.100. The van der Waals surface area contributed by atoms with Crippen molar-refractivity contribution in [3.8, 4) is 5.69 Å². The first-order valence-corrected chi connectivity index (χ1v) is 9.85. The number of hydrogen-bond donors (Lipinski definition) is 1. The molecule has 4 aromatic rings. The normalized spacial score (nSPS) is 12.1. The number of benzene rings is 2. The number of halogens is 1. The number of hydrogen-bond acceptors (Lipinski definition) is 5. The van der Waals surface area contributed by atoms with Crippen molar-refractivity contribution in [2.75, 3.05) is 5.32 Å². The van der Waals surface area contributed by atoms with Crippen molar-refractivity contribution in [3.63, 3.8) is 0 Å². The van der Waals surface area contributed by atoms with Crippen molar-refractivity contribution in [2.24, 2.45) is 0 Å². The predicted molar refractivity (Wildman–Crippen MR) is 112 cm³/mol. The van der Waals surface area contributed by atoms with E-state index in [1.165, 1.54) is 11.8 Å². The molecule has 28 heavy (non-hydrogen) atoms. The minimum atomic E-state index is -0.380. The Balaban J connectivity index is 1.52. The van der Waals surface area contributed by atoms with E-state index < -0.39 is 0 Å². The van der Waals surface area contributed by atoms with E-state index in [0.29, 0.717) is 10.2 Å². The lowest BCUT2D eigenvalue weighted by Crippen LogP contribution is -2.23. The molecule has 1 atom stereocenters. The van der Waals surface area contributed by atoms with Gasteiger partial charge in [-0.2, -0.15) is 0 Å². The van der Waals surface area contributed by atoms with Gasteiger partial charge in [0, 0.05) is 16.6 Å². The number of nitrogens with one attached hydrogen (secondary N) is 1. The molecule has 6 nitrogen and oxygen atoms in total. The Hall–Kier alpha value is -2.90. The molecule has 0 radical (unpaired) electrons. The Bertz CT molecular complexity index is 1140. The summed E-state index contributed by atoms with van der Waals surface area (Å²) in [5.74, 6) is -0.123. The molecule has 2 aromatic carbocycles. The summed E-state index contributed by atoms with van der Waals surface area (Å²) in [5, 5.41) is 12.9. The number of carbonyl (C=O) groups is 1. The van der Waals surface area contributed by atoms with Gasteiger partial charge >= 0.3 is 0 Å². The highest BCUT2D eigenvalue weighted by atomic mass is 35.5. The standard InChI is InChI=1S/C20H16ClN5OS/c1-13(19(27)24-18-9-3-8-17-16(18)7-4-10-22-17)28-20-25-23-12-26(20)15-6-2-5-14(21)11-15/h2-13H,1H3,(H,24,27). The summed E-state index contributed by atoms with van der Waals surface area (Å²) in [6, 6.07) is 16.8. The van der Waals surface area contributed by atoms with Crippen LogP contribution < -0.4 is 5.32 Å². The Morgan fingerprint density at radius 2 is 2.04 bits per heavy atom. The number of nitrogens with zero attached hydrogens (tertiary/aromatic N) is 4. The van der Waals surface area contributed by atoms with Gasteiger partial charge < -0.3 is 5.32 Å². The molecule has 0 saturated heterocycles. The maximum Gasteiger partial charge on any atom is 0.237 e. The molecular weight excluding hydrogens is 394 g/mol. The van der Waals surface area contributed by atoms with E-state index in [-0.39, 0.29) is 11.2 Å². The summed E-state index contributed by atoms with van der Waals surface area (Å²) in [6.45, 7) is 1.83. The van der Waals surface area contributed by atoms with Crippen LogP contribution in [0.3, 0.4) is 0 Å². The summed E-state index contributed by atoms with van der Waals surface area (Å²) in [5.41, 5.74) is 2.41. The summed E-state index contributed by atoms with van der Waals surface area (Å²) in [6.07, 6.45) is 3.34. The molecule has 2 heterocycles. The molecule has 0 spiro atoms. The summed E-state index contributed by atoms with van der Waals surface area (Å²) >= 11 is 7.41. The van der Waals surface area contributed by atoms with Crippen LogP contribution in [0, 0.1) is 0 Å². The number of rotatable bonds is 5. The quantitative estimate of drug-likeness (QED) is 0.488. The average molecular weight is 410 g/mol. The Morgan fingerprint density at radius 3 is 2.89 bits per heavy atom. The number of amides is 1. The first kappa shape index (κ1) is 18.5. The zero-order valence-corrected chi connectivity index (χ0v) is 16.5. The third kappa shape index (κ3) is 3.85. The largest absolute Gasteiger partial charge is 0.324 e. The predicted octanol–water partition coefficient (Wildman–Crippen LogP) is 4.59. The van der Waals surface area contributed by atoms with Gasteiger partial charge in [-0.25, -0.2) is 0 Å². The van der Waals surface area contributed by atoms with E-state index in [2.05, 4.69) is 20.5 Å². The van der Waals surface area contributed by atoms with Crippen LogP contribution in [0.2, 0.25) is 5.02 Å². The molecule has 0 bridgehead atoms. The van der Waals surface area contributed by atoms with Crippen LogP contribution in [0.25, 0.3) is 16.6 Å². The lowest BCUT2D eigenvalue weighted by atomic mass is 10.2. The average Bonchev–Trinajstić information content (AvgIpc) is 3.16. The highest BCUT2D eigenvalue weighted by Gasteiger charge is 2.19. The van der Waals surface area contributed by atoms with E-state index in [0.717, 1.165) is 22.3 Å². The van der Waals surface area contributed by atoms with Crippen molar-refractivity contribution in [2.45, 2.75) is 17.3 Å². The minimum Gasteiger partial charge on any atom is -0.324 e. The van der Waals surface area contributed by atoms with Crippen molar-refractivity contribution in [1.82, 2.24) is 19.7 Å². The molecule has 4 rings (SSSR count). The summed E-state index contributed by atoms with van der Waals surface area (Å²) in [7, 11) is 0. The van der Waals surface area contributed by atoms with Gasteiger partial charge in [0.1, 0.15) is 6.33 Å². The topological polar surface area (TPSA) is 72.7 Å². The third-order valence-corrected chi connectivity index (χ3v) is 5.45. The molecule has 1 amide bonds. The van der Waals surface area contributed by atoms with E-state index in [9.17, 15) is 4.79 Å². The number of carbonyl (C=O) groups excluding carboxylic acids is 1. The monoisotopic (exact) mass is 409 g/mol. The van der Waals surface area contributed by atoms with Gasteiger partial charge in [-0.15, -0.1) is 10.2 Å². The molecule has 140 valence electrons. The van der Waals surface area contributed by atoms with Crippen molar-refractivity contribution >= 4 is 45.9 Å². The van der Waals surface area contributed by atoms with Gasteiger partial charge in [0.15, 0.2) is 5.16 Å². The maximum absolute atomic E-state index is 12.8. The smallest absolute Gasteiger partial charge is 0.237 e. The first-order valence-electron chi connectivity index (χ1n) is 8.59. The van der Waals surface area contributed by atoms with Gasteiger partial charge in [0.2, 0.25) is 5.91 Å². The van der Waals surface area contributed by atoms with Gasteiger partial charge in [-0.05, 0) is 49.4 Å². The molecule has 8 heteroatoms. The molecule has 0 saturated carbocycles. The van der Waals surface area contributed by atoms with Crippen molar-refractivity contribution in [3.05, 3.63) is 72.1 Å². The number of aromatic nitrogens is 4. The second-order valence-corrected chi connectivity index (χ2v) is 7.83. The number of anilines is 1. The van der Waals surface area contributed by atoms with Crippen molar-refractivity contribution < 1.29 is 4.79 Å². The van der Waals surface area contributed by atoms with Crippen LogP contribution in [-0.4, -0.2) is 30.9 Å². The number of thioether (sulfide) groups is 1. The molecule has 0 fully saturated rings. The van der Waals surface area contributed by atoms with E-state index in [4.69, 9.17) is 11.6 Å². The number of fused-ring (bicyclic) bond motifs is 1. The number of pyridine rings is 1. The maximum atomic E-state index is 12.8. The molecule has 0 aliphatic carbocycles. The SMILES string of the molecule is CC(Sc1nncn1-c1cccc(Cl)c1)C(=O)Nc1cccc2ncccc12. The van der Waals surface area contributed by atoms with Gasteiger partial charge in [0.25, 0.3) is 0 Å². The Kier molecular flexibility index (Phi) is 5.27. The second-order valence-electron chi connectivity index (χ2n) is 6.09. The second kappa shape index (κ2) is 8.00. The lowest BCUT2D eigenvalue weighted by molar-refractivity contribution is -0.115.